The van der Waals surface area contributed by atoms with Gasteiger partial charge in [-0.25, -0.2) is 0 Å². The highest BCUT2D eigenvalue weighted by Crippen LogP contribution is 2.21. The molecule has 0 amide bonds. The normalized spacial score (nSPS) is 17.7. The predicted octanol–water partition coefficient (Wildman–Crippen LogP) is 0.760. The summed E-state index contributed by atoms with van der Waals surface area (Å²) < 4.78 is 7.56. The lowest BCUT2D eigenvalue weighted by Gasteiger charge is -2.24. The van der Waals surface area contributed by atoms with Crippen LogP contribution in [-0.2, 0) is 18.4 Å². The number of rotatable bonds is 6. The van der Waals surface area contributed by atoms with E-state index < -0.39 is 0 Å². The van der Waals surface area contributed by atoms with Gasteiger partial charge in [0, 0.05) is 44.6 Å². The molecule has 8 nitrogen and oxygen atoms in total. The van der Waals surface area contributed by atoms with Gasteiger partial charge in [-0.05, 0) is 13.0 Å². The number of anilines is 3. The van der Waals surface area contributed by atoms with Crippen LogP contribution in [0.4, 0.5) is 17.2 Å². The summed E-state index contributed by atoms with van der Waals surface area (Å²) in [6.07, 6.45) is 2.06. The first-order valence-corrected chi connectivity index (χ1v) is 8.09. The Hall–Kier alpha value is -2.16. The number of aryl methyl sites for hydroxylation is 2. The van der Waals surface area contributed by atoms with Crippen LogP contribution >= 0.6 is 0 Å². The van der Waals surface area contributed by atoms with Gasteiger partial charge in [-0.3, -0.25) is 0 Å². The molecule has 0 saturated carbocycles. The summed E-state index contributed by atoms with van der Waals surface area (Å²) in [5.41, 5.74) is 3.47. The van der Waals surface area contributed by atoms with Crippen molar-refractivity contribution in [1.29, 1.82) is 0 Å². The third kappa shape index (κ3) is 4.02. The number of ether oxygens (including phenoxy) is 1. The van der Waals surface area contributed by atoms with E-state index in [1.54, 1.807) is 0 Å². The molecule has 3 heterocycles. The second-order valence-electron chi connectivity index (χ2n) is 5.92. The number of nitrogens with one attached hydrogen (secondary N) is 3. The van der Waals surface area contributed by atoms with Gasteiger partial charge in [-0.1, -0.05) is 0 Å². The lowest BCUT2D eigenvalue weighted by molar-refractivity contribution is 0.0372. The van der Waals surface area contributed by atoms with Crippen molar-refractivity contribution >= 4 is 17.2 Å². The Kier molecular flexibility index (Phi) is 5.29. The monoisotopic (exact) mass is 332 g/mol. The largest absolute Gasteiger partial charge is 0.390 e. The van der Waals surface area contributed by atoms with Crippen molar-refractivity contribution in [2.75, 3.05) is 36.9 Å². The first-order chi connectivity index (χ1) is 11.7. The molecule has 8 heteroatoms. The molecule has 2 aromatic heterocycles. The topological polar surface area (TPSA) is 96.3 Å². The lowest BCUT2D eigenvalue weighted by atomic mass is 10.2. The Morgan fingerprint density at radius 1 is 1.42 bits per heavy atom. The van der Waals surface area contributed by atoms with Crippen molar-refractivity contribution in [3.05, 3.63) is 29.7 Å². The van der Waals surface area contributed by atoms with Gasteiger partial charge >= 0.3 is 0 Å². The lowest BCUT2D eigenvalue weighted by Crippen LogP contribution is -2.42. The summed E-state index contributed by atoms with van der Waals surface area (Å²) in [7, 11) is 1.89. The van der Waals surface area contributed by atoms with E-state index in [1.807, 2.05) is 36.9 Å². The molecule has 0 radical (unpaired) electrons. The molecule has 1 aliphatic heterocycles. The number of aliphatic hydroxyl groups is 1. The van der Waals surface area contributed by atoms with E-state index in [0.717, 1.165) is 49.0 Å². The Bertz CT molecular complexity index is 681. The highest BCUT2D eigenvalue weighted by molar-refractivity contribution is 5.61. The molecule has 130 valence electrons. The standard InChI is InChI=1S/C16H24N6O2/c1-11-15(18-8-14-7-17-3-4-24-14)6-16(21-20-11)19-12-5-13(10-23)22(2)9-12/h5-6,9,14,17,23H,3-4,7-8,10H2,1-2H3,(H2,18,19,21). The molecule has 0 aliphatic carbocycles. The first kappa shape index (κ1) is 16.7. The Balaban J connectivity index is 1.66. The summed E-state index contributed by atoms with van der Waals surface area (Å²) in [5.74, 6) is 0.654. The maximum absolute atomic E-state index is 9.27. The Morgan fingerprint density at radius 2 is 2.29 bits per heavy atom. The van der Waals surface area contributed by atoms with E-state index in [2.05, 4.69) is 26.1 Å². The number of nitrogens with zero attached hydrogens (tertiary/aromatic N) is 3. The molecule has 2 aromatic rings. The minimum atomic E-state index is -0.0000140. The zero-order valence-corrected chi connectivity index (χ0v) is 14.0. The van der Waals surface area contributed by atoms with Crippen LogP contribution in [0.2, 0.25) is 0 Å². The summed E-state index contributed by atoms with van der Waals surface area (Å²) in [6, 6.07) is 3.82. The van der Waals surface area contributed by atoms with E-state index >= 15 is 0 Å². The molecule has 1 saturated heterocycles. The quantitative estimate of drug-likeness (QED) is 0.620. The fourth-order valence-electron chi connectivity index (χ4n) is 2.65. The fourth-order valence-corrected chi connectivity index (χ4v) is 2.65. The minimum absolute atomic E-state index is 0.0000140. The van der Waals surface area contributed by atoms with E-state index in [1.165, 1.54) is 0 Å². The van der Waals surface area contributed by atoms with Gasteiger partial charge in [0.2, 0.25) is 0 Å². The van der Waals surface area contributed by atoms with Gasteiger partial charge in [0.1, 0.15) is 0 Å². The van der Waals surface area contributed by atoms with Gasteiger partial charge in [-0.2, -0.15) is 5.10 Å². The zero-order chi connectivity index (χ0) is 16.9. The van der Waals surface area contributed by atoms with Gasteiger partial charge in [-0.15, -0.1) is 5.10 Å². The molecule has 0 spiro atoms. The summed E-state index contributed by atoms with van der Waals surface area (Å²) >= 11 is 0. The van der Waals surface area contributed by atoms with E-state index in [0.29, 0.717) is 5.82 Å². The molecule has 1 aliphatic rings. The van der Waals surface area contributed by atoms with Crippen molar-refractivity contribution in [3.8, 4) is 0 Å². The predicted molar refractivity (Wildman–Crippen MR) is 92.5 cm³/mol. The number of morpholine rings is 1. The van der Waals surface area contributed by atoms with Crippen LogP contribution in [0.5, 0.6) is 0 Å². The van der Waals surface area contributed by atoms with Gasteiger partial charge in [0.15, 0.2) is 5.82 Å². The van der Waals surface area contributed by atoms with E-state index in [9.17, 15) is 5.11 Å². The van der Waals surface area contributed by atoms with Gasteiger partial charge in [0.25, 0.3) is 0 Å². The molecule has 1 unspecified atom stereocenters. The van der Waals surface area contributed by atoms with Gasteiger partial charge in [0.05, 0.1) is 36.4 Å². The molecular weight excluding hydrogens is 308 g/mol. The molecule has 4 N–H and O–H groups in total. The van der Waals surface area contributed by atoms with Crippen LogP contribution in [0.3, 0.4) is 0 Å². The van der Waals surface area contributed by atoms with E-state index in [4.69, 9.17) is 4.74 Å². The van der Waals surface area contributed by atoms with Crippen molar-refractivity contribution in [2.45, 2.75) is 19.6 Å². The number of aliphatic hydroxyl groups excluding tert-OH is 1. The number of hydrogen-bond donors (Lipinski definition) is 4. The molecule has 1 fully saturated rings. The van der Waals surface area contributed by atoms with Crippen LogP contribution in [0.15, 0.2) is 18.3 Å². The third-order valence-electron chi connectivity index (χ3n) is 4.05. The SMILES string of the molecule is Cc1nnc(Nc2cc(CO)n(C)c2)cc1NCC1CNCCO1. The second-order valence-corrected chi connectivity index (χ2v) is 5.92. The molecule has 0 aromatic carbocycles. The molecule has 3 rings (SSSR count). The maximum Gasteiger partial charge on any atom is 0.155 e. The van der Waals surface area contributed by atoms with Crippen LogP contribution < -0.4 is 16.0 Å². The number of aromatic nitrogens is 3. The van der Waals surface area contributed by atoms with Crippen LogP contribution in [0.25, 0.3) is 0 Å². The fraction of sp³-hybridized carbons (Fsp3) is 0.500. The van der Waals surface area contributed by atoms with Crippen molar-refractivity contribution in [3.63, 3.8) is 0 Å². The Morgan fingerprint density at radius 3 is 3.00 bits per heavy atom. The molecule has 24 heavy (non-hydrogen) atoms. The average molecular weight is 332 g/mol. The average Bonchev–Trinajstić information content (AvgIpc) is 2.95. The van der Waals surface area contributed by atoms with Crippen molar-refractivity contribution in [2.24, 2.45) is 7.05 Å². The zero-order valence-electron chi connectivity index (χ0n) is 14.0. The molecular formula is C16H24N6O2. The third-order valence-corrected chi connectivity index (χ3v) is 4.05. The summed E-state index contributed by atoms with van der Waals surface area (Å²) in [4.78, 5) is 0. The van der Waals surface area contributed by atoms with Crippen LogP contribution in [0, 0.1) is 6.92 Å². The summed E-state index contributed by atoms with van der Waals surface area (Å²) in [5, 5.41) is 27.6. The smallest absolute Gasteiger partial charge is 0.155 e. The first-order valence-electron chi connectivity index (χ1n) is 8.09. The number of hydrogen-bond acceptors (Lipinski definition) is 7. The maximum atomic E-state index is 9.27. The molecule has 1 atom stereocenters. The molecule has 0 bridgehead atoms. The highest BCUT2D eigenvalue weighted by Gasteiger charge is 2.14. The van der Waals surface area contributed by atoms with E-state index in [-0.39, 0.29) is 12.7 Å². The van der Waals surface area contributed by atoms with Crippen LogP contribution in [0.1, 0.15) is 11.4 Å². The van der Waals surface area contributed by atoms with Crippen LogP contribution in [-0.4, -0.2) is 52.2 Å². The van der Waals surface area contributed by atoms with Crippen molar-refractivity contribution in [1.82, 2.24) is 20.1 Å². The highest BCUT2D eigenvalue weighted by atomic mass is 16.5. The van der Waals surface area contributed by atoms with Gasteiger partial charge < -0.3 is 30.4 Å². The minimum Gasteiger partial charge on any atom is -0.390 e. The Labute approximate surface area is 141 Å². The summed E-state index contributed by atoms with van der Waals surface area (Å²) in [6.45, 7) is 5.15. The second kappa shape index (κ2) is 7.61. The van der Waals surface area contributed by atoms with Crippen molar-refractivity contribution < 1.29 is 9.84 Å².